The van der Waals surface area contributed by atoms with Crippen molar-refractivity contribution in [1.29, 1.82) is 0 Å². The number of likely N-dealkylation sites (N-methyl/N-ethyl adjacent to an activating group) is 4. The second-order valence-electron chi connectivity index (χ2n) is 21.3. The number of rotatable bonds is 9. The van der Waals surface area contributed by atoms with Crippen LogP contribution in [0.25, 0.3) is 0 Å². The molecule has 2 aliphatic rings. The van der Waals surface area contributed by atoms with Crippen molar-refractivity contribution in [2.75, 3.05) is 47.9 Å². The minimum Gasteiger partial charge on any atom is -0.394 e. The van der Waals surface area contributed by atoms with E-state index in [9.17, 15) is 53.1 Å². The van der Waals surface area contributed by atoms with E-state index in [2.05, 4.69) is 32.0 Å². The van der Waals surface area contributed by atoms with E-state index >= 15 is 0 Å². The highest BCUT2D eigenvalue weighted by Gasteiger charge is 2.44. The Morgan fingerprint density at radius 1 is 0.545 bits per heavy atom. The highest BCUT2D eigenvalue weighted by atomic mass is 16.3. The van der Waals surface area contributed by atoms with Gasteiger partial charge in [-0.05, 0) is 62.0 Å². The molecule has 0 saturated carbocycles. The summed E-state index contributed by atoms with van der Waals surface area (Å²) in [5.41, 5.74) is 4.34. The summed E-state index contributed by atoms with van der Waals surface area (Å²) in [5, 5.41) is 25.6. The van der Waals surface area contributed by atoms with E-state index in [0.717, 1.165) is 9.91 Å². The number of hydrogen-bond donors (Lipinski definition) is 7. The minimum atomic E-state index is -1.57. The van der Waals surface area contributed by atoms with Crippen LogP contribution in [0.2, 0.25) is 0 Å². The van der Waals surface area contributed by atoms with Gasteiger partial charge in [0.1, 0.15) is 54.4 Å². The van der Waals surface area contributed by atoms with Gasteiger partial charge in [-0.2, -0.15) is 0 Å². The molecule has 10 amide bonds. The molecule has 2 saturated heterocycles. The van der Waals surface area contributed by atoms with E-state index in [1.807, 2.05) is 13.8 Å². The molecular formula is C55H83N11O11. The van der Waals surface area contributed by atoms with Crippen molar-refractivity contribution in [2.24, 2.45) is 17.8 Å². The average Bonchev–Trinajstić information content (AvgIpc) is 3.39. The van der Waals surface area contributed by atoms with Gasteiger partial charge in [0, 0.05) is 60.5 Å². The second kappa shape index (κ2) is 29.0. The molecule has 2 heterocycles. The summed E-state index contributed by atoms with van der Waals surface area (Å²) in [6.07, 6.45) is 0.419. The van der Waals surface area contributed by atoms with Gasteiger partial charge in [0.05, 0.1) is 6.61 Å². The Kier molecular flexibility index (Phi) is 23.6. The summed E-state index contributed by atoms with van der Waals surface area (Å²) >= 11 is 0. The highest BCUT2D eigenvalue weighted by molar-refractivity contribution is 5.99. The van der Waals surface area contributed by atoms with Crippen LogP contribution in [0.1, 0.15) is 92.2 Å². The van der Waals surface area contributed by atoms with Crippen molar-refractivity contribution in [3.8, 4) is 0 Å². The molecule has 2 aromatic carbocycles. The fourth-order valence-electron chi connectivity index (χ4n) is 9.64. The Hall–Kier alpha value is -6.94. The van der Waals surface area contributed by atoms with Gasteiger partial charge in [-0.3, -0.25) is 53.0 Å². The average molecular weight is 1070 g/mol. The lowest BCUT2D eigenvalue weighted by molar-refractivity contribution is -0.159. The number of carbonyl (C=O) groups is 10. The molecule has 9 atom stereocenters. The van der Waals surface area contributed by atoms with Crippen LogP contribution in [0.15, 0.2) is 60.7 Å². The maximum absolute atomic E-state index is 14.8. The van der Waals surface area contributed by atoms with Crippen LogP contribution in [0.3, 0.4) is 0 Å². The molecule has 0 aliphatic carbocycles. The molecular weight excluding hydrogens is 991 g/mol. The van der Waals surface area contributed by atoms with Crippen LogP contribution in [-0.4, -0.2) is 191 Å². The Labute approximate surface area is 453 Å². The Balaban J connectivity index is 1.80. The number of nitrogens with one attached hydrogen (secondary N) is 6. The van der Waals surface area contributed by atoms with E-state index in [0.29, 0.717) is 17.5 Å². The summed E-state index contributed by atoms with van der Waals surface area (Å²) in [6.45, 7) is 12.6. The number of nitrogens with zero attached hydrogens (tertiary/aromatic N) is 5. The predicted octanol–water partition coefficient (Wildman–Crippen LogP) is 0.125. The number of hydrazine groups is 1. The van der Waals surface area contributed by atoms with E-state index in [1.54, 1.807) is 88.4 Å². The largest absolute Gasteiger partial charge is 0.394 e. The van der Waals surface area contributed by atoms with Crippen LogP contribution in [-0.2, 0) is 60.8 Å². The Morgan fingerprint density at radius 3 is 1.58 bits per heavy atom. The summed E-state index contributed by atoms with van der Waals surface area (Å²) < 4.78 is 0. The molecule has 2 fully saturated rings. The number of fused-ring (bicyclic) bond motifs is 1. The number of carbonyl (C=O) groups excluding carboxylic acids is 10. The zero-order valence-corrected chi connectivity index (χ0v) is 46.8. The zero-order chi connectivity index (χ0) is 57.4. The van der Waals surface area contributed by atoms with Crippen molar-refractivity contribution in [3.63, 3.8) is 0 Å². The van der Waals surface area contributed by atoms with E-state index < -0.39 is 132 Å². The topological polar surface area (TPSA) is 279 Å². The molecule has 22 heteroatoms. The Morgan fingerprint density at radius 2 is 1.06 bits per heavy atom. The normalized spacial score (nSPS) is 26.5. The third kappa shape index (κ3) is 16.8. The van der Waals surface area contributed by atoms with Gasteiger partial charge in [-0.15, -0.1) is 0 Å². The monoisotopic (exact) mass is 1070 g/mol. The van der Waals surface area contributed by atoms with E-state index in [-0.39, 0.29) is 51.1 Å². The fraction of sp³-hybridized carbons (Fsp3) is 0.600. The molecule has 4 rings (SSSR count). The van der Waals surface area contributed by atoms with Crippen LogP contribution < -0.4 is 32.0 Å². The van der Waals surface area contributed by atoms with E-state index in [4.69, 9.17) is 0 Å². The van der Waals surface area contributed by atoms with Gasteiger partial charge in [0.25, 0.3) is 5.91 Å². The van der Waals surface area contributed by atoms with Crippen molar-refractivity contribution in [3.05, 3.63) is 71.8 Å². The first kappa shape index (κ1) is 62.6. The summed E-state index contributed by atoms with van der Waals surface area (Å²) in [6, 6.07) is 6.64. The summed E-state index contributed by atoms with van der Waals surface area (Å²) in [4.78, 5) is 147. The molecule has 0 spiro atoms. The molecule has 0 aromatic heterocycles. The molecule has 2 aromatic rings. The first-order valence-electron chi connectivity index (χ1n) is 26.6. The lowest BCUT2D eigenvalue weighted by Gasteiger charge is -2.41. The van der Waals surface area contributed by atoms with Crippen molar-refractivity contribution >= 4 is 59.1 Å². The maximum atomic E-state index is 14.8. The molecule has 2 aliphatic heterocycles. The minimum absolute atomic E-state index is 0.000600. The predicted molar refractivity (Wildman–Crippen MR) is 287 cm³/mol. The summed E-state index contributed by atoms with van der Waals surface area (Å²) in [5.74, 6) is -7.92. The third-order valence-electron chi connectivity index (χ3n) is 14.2. The lowest BCUT2D eigenvalue weighted by atomic mass is 9.98. The SMILES string of the molecule is CC(C)C[C@H]1NC(=O)C(Cc2ccccc2)N(C)C(=O)C(C)NC(=O)C(C(C)C)N(C)C(=O)CCNC(=O)C(C)NC(=O)C(C(C)C)NC(=O)C(Cc2ccccc2)N(C)C(=O)C2CCCNN2C(=O)C(CO)N(C)C1=O. The molecule has 8 unspecified atom stereocenters. The van der Waals surface area contributed by atoms with Gasteiger partial charge < -0.3 is 51.3 Å². The van der Waals surface area contributed by atoms with Gasteiger partial charge >= 0.3 is 0 Å². The molecule has 0 bridgehead atoms. The maximum Gasteiger partial charge on any atom is 0.262 e. The van der Waals surface area contributed by atoms with E-state index in [1.165, 1.54) is 56.7 Å². The fourth-order valence-corrected chi connectivity index (χ4v) is 9.64. The molecule has 424 valence electrons. The second-order valence-corrected chi connectivity index (χ2v) is 21.3. The standard InChI is InChI=1S/C55H83N11O11/c1-32(2)28-39-53(75)64(11)43(31-67)55(77)66-40(24-19-26-57-66)54(76)63(10)42(30-38-22-17-14-18-23-38)49(71)61-45(33(3)4)50(72)58-35(7)47(69)56-27-25-44(68)65(12)46(34(5)6)51(73)59-36(8)52(74)62(9)41(48(70)60-39)29-37-20-15-13-16-21-37/h13-18,20-23,32-36,39-43,45-46,57,67H,19,24-31H2,1-12H3,(H,56,69)(H,58,72)(H,59,73)(H,60,70)(H,61,71)/t35?,36?,39-,40?,41?,42?,43?,45?,46?/m1/s1. The number of aliphatic hydroxyl groups excluding tert-OH is 1. The molecule has 22 nitrogen and oxygen atoms in total. The van der Waals surface area contributed by atoms with Crippen LogP contribution >= 0.6 is 0 Å². The summed E-state index contributed by atoms with van der Waals surface area (Å²) in [7, 11) is 5.57. The van der Waals surface area contributed by atoms with Gasteiger partial charge in [-0.1, -0.05) is 102 Å². The van der Waals surface area contributed by atoms with Gasteiger partial charge in [0.2, 0.25) is 53.2 Å². The van der Waals surface area contributed by atoms with Crippen molar-refractivity contribution < 1.29 is 53.1 Å². The quantitative estimate of drug-likeness (QED) is 0.177. The van der Waals surface area contributed by atoms with Crippen LogP contribution in [0, 0.1) is 17.8 Å². The number of aliphatic hydroxyl groups is 1. The zero-order valence-electron chi connectivity index (χ0n) is 46.8. The van der Waals surface area contributed by atoms with Gasteiger partial charge in [-0.25, -0.2) is 5.43 Å². The number of hydrogen-bond acceptors (Lipinski definition) is 12. The Bertz CT molecular complexity index is 2390. The molecule has 0 radical (unpaired) electrons. The van der Waals surface area contributed by atoms with Gasteiger partial charge in [0.15, 0.2) is 0 Å². The molecule has 77 heavy (non-hydrogen) atoms. The molecule has 7 N–H and O–H groups in total. The van der Waals surface area contributed by atoms with Crippen molar-refractivity contribution in [1.82, 2.24) is 56.6 Å². The third-order valence-corrected chi connectivity index (χ3v) is 14.2. The number of amides is 10. The smallest absolute Gasteiger partial charge is 0.262 e. The van der Waals surface area contributed by atoms with Crippen LogP contribution in [0.4, 0.5) is 0 Å². The van der Waals surface area contributed by atoms with Crippen molar-refractivity contribution in [2.45, 2.75) is 148 Å². The first-order chi connectivity index (χ1) is 36.3. The van der Waals surface area contributed by atoms with Crippen LogP contribution in [0.5, 0.6) is 0 Å². The highest BCUT2D eigenvalue weighted by Crippen LogP contribution is 2.21. The lowest BCUT2D eigenvalue weighted by Crippen LogP contribution is -2.66. The first-order valence-corrected chi connectivity index (χ1v) is 26.6. The number of benzene rings is 2.